The average Bonchev–Trinajstić information content (AvgIpc) is 2.38. The summed E-state index contributed by atoms with van der Waals surface area (Å²) in [6.07, 6.45) is 1.03. The van der Waals surface area contributed by atoms with Crippen LogP contribution in [0.5, 0.6) is 11.6 Å². The minimum Gasteiger partial charge on any atom is -0.434 e. The van der Waals surface area contributed by atoms with Crippen molar-refractivity contribution in [3.05, 3.63) is 44.1 Å². The predicted molar refractivity (Wildman–Crippen MR) is 75.7 cm³/mol. The highest BCUT2D eigenvalue weighted by Crippen LogP contribution is 2.29. The van der Waals surface area contributed by atoms with E-state index in [1.165, 1.54) is 0 Å². The van der Waals surface area contributed by atoms with Crippen molar-refractivity contribution >= 4 is 34.2 Å². The molecule has 2 aromatic rings. The molecule has 0 aliphatic carbocycles. The Morgan fingerprint density at radius 3 is 2.89 bits per heavy atom. The Bertz CT molecular complexity index is 622. The summed E-state index contributed by atoms with van der Waals surface area (Å²) < 4.78 is 6.34. The van der Waals surface area contributed by atoms with E-state index in [1.807, 2.05) is 6.07 Å². The lowest BCUT2D eigenvalue weighted by molar-refractivity contribution is -0.386. The predicted octanol–water partition coefficient (Wildman–Crippen LogP) is 2.07. The zero-order chi connectivity index (χ0) is 13.8. The smallest absolute Gasteiger partial charge is 0.349 e. The van der Waals surface area contributed by atoms with Crippen LogP contribution in [0.25, 0.3) is 0 Å². The third kappa shape index (κ3) is 3.26. The second-order valence-corrected chi connectivity index (χ2v) is 4.59. The molecule has 0 spiro atoms. The molecule has 0 aliphatic heterocycles. The van der Waals surface area contributed by atoms with Crippen LogP contribution in [-0.2, 0) is 0 Å². The standard InChI is InChI=1S/C10H8IN5O3/c11-6-2-1-3-7(4-6)19-9-8(16(17)18)5-13-10(14-9)15-12/h1-5H,12H2,(H,13,14,15). The van der Waals surface area contributed by atoms with Crippen LogP contribution in [0.4, 0.5) is 11.6 Å². The fourth-order valence-electron chi connectivity index (χ4n) is 1.27. The molecule has 0 saturated carbocycles. The molecule has 1 aromatic heterocycles. The Morgan fingerprint density at radius 2 is 2.26 bits per heavy atom. The van der Waals surface area contributed by atoms with Gasteiger partial charge in [-0.15, -0.1) is 0 Å². The van der Waals surface area contributed by atoms with Crippen LogP contribution in [0.15, 0.2) is 30.5 Å². The Hall–Kier alpha value is -2.01. The fraction of sp³-hybridized carbons (Fsp3) is 0. The van der Waals surface area contributed by atoms with E-state index < -0.39 is 4.92 Å². The largest absolute Gasteiger partial charge is 0.434 e. The second kappa shape index (κ2) is 5.75. The zero-order valence-corrected chi connectivity index (χ0v) is 11.6. The molecule has 0 amide bonds. The maximum Gasteiger partial charge on any atom is 0.349 e. The number of ether oxygens (including phenoxy) is 1. The van der Waals surface area contributed by atoms with E-state index in [1.54, 1.807) is 18.2 Å². The van der Waals surface area contributed by atoms with Gasteiger partial charge in [0, 0.05) is 3.57 Å². The highest BCUT2D eigenvalue weighted by atomic mass is 127. The molecule has 0 unspecified atom stereocenters. The number of rotatable bonds is 4. The molecule has 1 heterocycles. The first kappa shape index (κ1) is 13.4. The highest BCUT2D eigenvalue weighted by molar-refractivity contribution is 14.1. The number of anilines is 1. The normalized spacial score (nSPS) is 10.0. The maximum atomic E-state index is 10.9. The monoisotopic (exact) mass is 373 g/mol. The van der Waals surface area contributed by atoms with Gasteiger partial charge in [-0.1, -0.05) is 6.07 Å². The highest BCUT2D eigenvalue weighted by Gasteiger charge is 2.19. The van der Waals surface area contributed by atoms with Crippen LogP contribution in [0.2, 0.25) is 0 Å². The van der Waals surface area contributed by atoms with Gasteiger partial charge in [0.05, 0.1) is 4.92 Å². The van der Waals surface area contributed by atoms with Gasteiger partial charge < -0.3 is 4.74 Å². The number of aromatic nitrogens is 2. The van der Waals surface area contributed by atoms with E-state index in [0.29, 0.717) is 5.75 Å². The molecule has 0 fully saturated rings. The minimum atomic E-state index is -0.621. The number of nitrogens with two attached hydrogens (primary N) is 1. The summed E-state index contributed by atoms with van der Waals surface area (Å²) in [5, 5.41) is 10.9. The molecule has 8 nitrogen and oxygen atoms in total. The van der Waals surface area contributed by atoms with Crippen molar-refractivity contribution in [2.45, 2.75) is 0 Å². The topological polar surface area (TPSA) is 116 Å². The van der Waals surface area contributed by atoms with Crippen molar-refractivity contribution in [2.24, 2.45) is 5.84 Å². The van der Waals surface area contributed by atoms with E-state index >= 15 is 0 Å². The first-order valence-corrected chi connectivity index (χ1v) is 6.09. The molecule has 98 valence electrons. The van der Waals surface area contributed by atoms with Gasteiger partial charge in [0.25, 0.3) is 0 Å². The minimum absolute atomic E-state index is 0.0335. The SMILES string of the molecule is NNc1ncc([N+](=O)[O-])c(Oc2cccc(I)c2)n1. The fourth-order valence-corrected chi connectivity index (χ4v) is 1.79. The lowest BCUT2D eigenvalue weighted by atomic mass is 10.3. The van der Waals surface area contributed by atoms with Gasteiger partial charge in [-0.05, 0) is 40.8 Å². The number of hydrogen-bond donors (Lipinski definition) is 2. The van der Waals surface area contributed by atoms with Crippen molar-refractivity contribution in [3.63, 3.8) is 0 Å². The lowest BCUT2D eigenvalue weighted by Crippen LogP contribution is -2.11. The van der Waals surface area contributed by atoms with E-state index in [0.717, 1.165) is 9.77 Å². The zero-order valence-electron chi connectivity index (χ0n) is 9.41. The molecule has 2 rings (SSSR count). The number of hydrogen-bond acceptors (Lipinski definition) is 7. The Balaban J connectivity index is 2.39. The third-order valence-electron chi connectivity index (χ3n) is 2.07. The van der Waals surface area contributed by atoms with Crippen LogP contribution in [0.3, 0.4) is 0 Å². The Labute approximate surface area is 121 Å². The van der Waals surface area contributed by atoms with Crippen molar-refractivity contribution in [2.75, 3.05) is 5.43 Å². The number of halogens is 1. The molecular weight excluding hydrogens is 365 g/mol. The molecule has 9 heteroatoms. The Morgan fingerprint density at radius 1 is 1.47 bits per heavy atom. The van der Waals surface area contributed by atoms with E-state index in [4.69, 9.17) is 10.6 Å². The van der Waals surface area contributed by atoms with Gasteiger partial charge in [-0.3, -0.25) is 15.5 Å². The van der Waals surface area contributed by atoms with Crippen LogP contribution in [0.1, 0.15) is 0 Å². The molecule has 0 radical (unpaired) electrons. The summed E-state index contributed by atoms with van der Waals surface area (Å²) in [4.78, 5) is 17.7. The first-order valence-electron chi connectivity index (χ1n) is 5.01. The molecule has 0 aliphatic rings. The summed E-state index contributed by atoms with van der Waals surface area (Å²) in [6, 6.07) is 7.03. The summed E-state index contributed by atoms with van der Waals surface area (Å²) in [5.74, 6) is 5.46. The van der Waals surface area contributed by atoms with Gasteiger partial charge in [0.1, 0.15) is 11.9 Å². The summed E-state index contributed by atoms with van der Waals surface area (Å²) in [5.41, 5.74) is 1.87. The number of nitrogens with zero attached hydrogens (tertiary/aromatic N) is 3. The molecular formula is C10H8IN5O3. The maximum absolute atomic E-state index is 10.9. The molecule has 0 bridgehead atoms. The van der Waals surface area contributed by atoms with E-state index in [9.17, 15) is 10.1 Å². The van der Waals surface area contributed by atoms with Gasteiger partial charge >= 0.3 is 11.6 Å². The van der Waals surface area contributed by atoms with Crippen molar-refractivity contribution < 1.29 is 9.66 Å². The molecule has 0 saturated heterocycles. The summed E-state index contributed by atoms with van der Waals surface area (Å²) in [6.45, 7) is 0. The van der Waals surface area contributed by atoms with Crippen LogP contribution in [-0.4, -0.2) is 14.9 Å². The van der Waals surface area contributed by atoms with Crippen LogP contribution >= 0.6 is 22.6 Å². The molecule has 0 atom stereocenters. The average molecular weight is 373 g/mol. The van der Waals surface area contributed by atoms with E-state index in [2.05, 4.69) is 38.0 Å². The number of benzene rings is 1. The first-order chi connectivity index (χ1) is 9.10. The van der Waals surface area contributed by atoms with Gasteiger partial charge in [0.2, 0.25) is 5.95 Å². The van der Waals surface area contributed by atoms with Gasteiger partial charge in [0.15, 0.2) is 0 Å². The number of nitrogens with one attached hydrogen (secondary N) is 1. The van der Waals surface area contributed by atoms with Crippen LogP contribution < -0.4 is 16.0 Å². The molecule has 1 aromatic carbocycles. The van der Waals surface area contributed by atoms with Gasteiger partial charge in [-0.2, -0.15) is 4.98 Å². The van der Waals surface area contributed by atoms with E-state index in [-0.39, 0.29) is 17.5 Å². The quantitative estimate of drug-likeness (QED) is 0.365. The number of hydrazine groups is 1. The lowest BCUT2D eigenvalue weighted by Gasteiger charge is -2.06. The van der Waals surface area contributed by atoms with Crippen LogP contribution in [0, 0.1) is 13.7 Å². The molecule has 3 N–H and O–H groups in total. The van der Waals surface area contributed by atoms with Gasteiger partial charge in [-0.25, -0.2) is 10.8 Å². The number of nitro groups is 1. The van der Waals surface area contributed by atoms with Crippen molar-refractivity contribution in [1.82, 2.24) is 9.97 Å². The third-order valence-corrected chi connectivity index (χ3v) is 2.74. The van der Waals surface area contributed by atoms with Crippen molar-refractivity contribution in [1.29, 1.82) is 0 Å². The summed E-state index contributed by atoms with van der Waals surface area (Å²) >= 11 is 2.11. The Kier molecular flexibility index (Phi) is 4.06. The number of nitrogen functional groups attached to an aromatic ring is 1. The second-order valence-electron chi connectivity index (χ2n) is 3.34. The molecule has 19 heavy (non-hydrogen) atoms. The van der Waals surface area contributed by atoms with Crippen molar-refractivity contribution in [3.8, 4) is 11.6 Å². The summed E-state index contributed by atoms with van der Waals surface area (Å²) in [7, 11) is 0.